The van der Waals surface area contributed by atoms with Crippen molar-refractivity contribution in [3.05, 3.63) is 35.4 Å². The van der Waals surface area contributed by atoms with E-state index < -0.39 is 0 Å². The predicted octanol–water partition coefficient (Wildman–Crippen LogP) is 14.1. The number of nitrogens with zero attached hydrogens (tertiary/aromatic N) is 1. The van der Waals surface area contributed by atoms with Gasteiger partial charge in [-0.15, -0.1) is 0 Å². The number of benzene rings is 1. The first-order valence-electron chi connectivity index (χ1n) is 21.7. The summed E-state index contributed by atoms with van der Waals surface area (Å²) in [6, 6.07) is 9.14. The molecule has 1 heterocycles. The van der Waals surface area contributed by atoms with Crippen LogP contribution in [0.25, 0.3) is 0 Å². The van der Waals surface area contributed by atoms with Gasteiger partial charge in [-0.2, -0.15) is 0 Å². The molecule has 0 aliphatic carbocycles. The highest BCUT2D eigenvalue weighted by Crippen LogP contribution is 2.26. The van der Waals surface area contributed by atoms with Crippen molar-refractivity contribution in [2.24, 2.45) is 17.6 Å². The van der Waals surface area contributed by atoms with E-state index in [0.29, 0.717) is 11.8 Å². The van der Waals surface area contributed by atoms with Gasteiger partial charge in [-0.3, -0.25) is 0 Å². The number of primary amides is 1. The molecule has 0 aromatic heterocycles. The normalized spacial score (nSPS) is 16.8. The molecule has 1 aromatic carbocycles. The van der Waals surface area contributed by atoms with Crippen LogP contribution < -0.4 is 5.73 Å². The van der Waals surface area contributed by atoms with Crippen molar-refractivity contribution in [1.29, 1.82) is 0 Å². The maximum Gasteiger partial charge on any atom is 0.314 e. The quantitative estimate of drug-likeness (QED) is 0.0816. The molecule has 2 unspecified atom stereocenters. The molecule has 1 aliphatic heterocycles. The number of rotatable bonds is 30. The highest BCUT2D eigenvalue weighted by molar-refractivity contribution is 5.72. The van der Waals surface area contributed by atoms with Crippen LogP contribution in [-0.2, 0) is 12.8 Å². The molecule has 1 aromatic rings. The largest absolute Gasteiger partial charge is 0.351 e. The number of nitrogens with two attached hydrogens (primary N) is 1. The average Bonchev–Trinajstić information content (AvgIpc) is 3.08. The van der Waals surface area contributed by atoms with Crippen molar-refractivity contribution in [2.75, 3.05) is 13.1 Å². The number of fused-ring (bicyclic) bond motifs is 2. The van der Waals surface area contributed by atoms with E-state index >= 15 is 0 Å². The third-order valence-electron chi connectivity index (χ3n) is 11.2. The van der Waals surface area contributed by atoms with Gasteiger partial charge in [0.25, 0.3) is 0 Å². The summed E-state index contributed by atoms with van der Waals surface area (Å²) in [5, 5.41) is 0. The van der Waals surface area contributed by atoms with Crippen LogP contribution in [0.3, 0.4) is 0 Å². The highest BCUT2D eigenvalue weighted by Gasteiger charge is 2.23. The van der Waals surface area contributed by atoms with E-state index in [9.17, 15) is 4.79 Å². The standard InChI is InChI=1S/C45H82N2O/c1-3-5-7-9-11-13-15-17-19-21-23-25-27-29-32-43-37-41-34-31-35-42(36-41)38-44(40-47(39-43)45(46)48)33-30-28-26-24-22-20-18-16-14-12-10-8-6-4-2/h31,34-36,43-44H,3-30,32-33,37-40H2,1-2H3,(H2,46,48). The fourth-order valence-corrected chi connectivity index (χ4v) is 8.20. The molecule has 0 radical (unpaired) electrons. The number of hydrogen-bond donors (Lipinski definition) is 1. The minimum absolute atomic E-state index is 0.212. The van der Waals surface area contributed by atoms with E-state index in [-0.39, 0.29) is 6.03 Å². The SMILES string of the molecule is CCCCCCCCCCCCCCCCC1Cc2cccc(c2)CC(CCCCCCCCCCCCCCCC)CN(C(N)=O)C1. The number of unbranched alkanes of at least 4 members (excludes halogenated alkanes) is 26. The van der Waals surface area contributed by atoms with E-state index in [1.54, 1.807) is 0 Å². The third-order valence-corrected chi connectivity index (χ3v) is 11.2. The minimum Gasteiger partial charge on any atom is -0.351 e. The zero-order chi connectivity index (χ0) is 34.3. The lowest BCUT2D eigenvalue weighted by Crippen LogP contribution is -2.43. The Hall–Kier alpha value is -1.51. The van der Waals surface area contributed by atoms with Crippen molar-refractivity contribution in [1.82, 2.24) is 4.90 Å². The second kappa shape index (κ2) is 30.3. The zero-order valence-electron chi connectivity index (χ0n) is 32.4. The lowest BCUT2D eigenvalue weighted by molar-refractivity contribution is 0.177. The first kappa shape index (κ1) is 42.7. The van der Waals surface area contributed by atoms with Gasteiger partial charge in [-0.05, 0) is 48.6 Å². The van der Waals surface area contributed by atoms with Gasteiger partial charge in [0, 0.05) is 13.1 Å². The summed E-state index contributed by atoms with van der Waals surface area (Å²) in [6.45, 7) is 6.25. The van der Waals surface area contributed by atoms with Gasteiger partial charge < -0.3 is 10.6 Å². The number of amides is 2. The summed E-state index contributed by atoms with van der Waals surface area (Å²) in [5.74, 6) is 1.01. The number of carbonyl (C=O) groups is 1. The molecule has 1 aliphatic rings. The van der Waals surface area contributed by atoms with Crippen LogP contribution in [0.15, 0.2) is 24.3 Å². The smallest absolute Gasteiger partial charge is 0.314 e. The first-order chi connectivity index (χ1) is 23.6. The highest BCUT2D eigenvalue weighted by atomic mass is 16.2. The van der Waals surface area contributed by atoms with Gasteiger partial charge >= 0.3 is 6.03 Å². The fourth-order valence-electron chi connectivity index (χ4n) is 8.20. The molecule has 278 valence electrons. The molecule has 0 fully saturated rings. The average molecular weight is 667 g/mol. The van der Waals surface area contributed by atoms with E-state index in [0.717, 1.165) is 25.9 Å². The van der Waals surface area contributed by atoms with Crippen molar-refractivity contribution in [3.63, 3.8) is 0 Å². The van der Waals surface area contributed by atoms with E-state index in [1.807, 2.05) is 4.90 Å². The third kappa shape index (κ3) is 23.0. The number of carbonyl (C=O) groups excluding carboxylic acids is 1. The van der Waals surface area contributed by atoms with Crippen molar-refractivity contribution < 1.29 is 4.79 Å². The molecule has 3 nitrogen and oxygen atoms in total. The molecule has 0 saturated carbocycles. The van der Waals surface area contributed by atoms with E-state index in [4.69, 9.17) is 5.73 Å². The summed E-state index contributed by atoms with van der Waals surface area (Å²) in [5.41, 5.74) is 8.92. The number of hydrogen-bond acceptors (Lipinski definition) is 1. The Morgan fingerprint density at radius 1 is 0.521 bits per heavy atom. The van der Waals surface area contributed by atoms with Crippen LogP contribution in [0, 0.1) is 11.8 Å². The zero-order valence-corrected chi connectivity index (χ0v) is 32.4. The molecule has 2 amide bonds. The molecule has 2 atom stereocenters. The maximum absolute atomic E-state index is 12.7. The summed E-state index contributed by atoms with van der Waals surface area (Å²) in [7, 11) is 0. The Balaban J connectivity index is 1.64. The van der Waals surface area contributed by atoms with E-state index in [1.165, 1.54) is 204 Å². The van der Waals surface area contributed by atoms with Crippen molar-refractivity contribution in [3.8, 4) is 0 Å². The lowest BCUT2D eigenvalue weighted by atomic mass is 9.87. The van der Waals surface area contributed by atoms with E-state index in [2.05, 4.69) is 38.1 Å². The monoisotopic (exact) mass is 667 g/mol. The molecule has 2 rings (SSSR count). The lowest BCUT2D eigenvalue weighted by Gasteiger charge is -2.31. The van der Waals surface area contributed by atoms with Crippen LogP contribution in [0.1, 0.15) is 218 Å². The molecular weight excluding hydrogens is 585 g/mol. The van der Waals surface area contributed by atoms with Crippen LogP contribution >= 0.6 is 0 Å². The molecular formula is C45H82N2O. The van der Waals surface area contributed by atoms with Crippen LogP contribution in [-0.4, -0.2) is 24.0 Å². The summed E-state index contributed by atoms with van der Waals surface area (Å²) >= 11 is 0. The molecule has 48 heavy (non-hydrogen) atoms. The molecule has 2 bridgehead atoms. The summed E-state index contributed by atoms with van der Waals surface area (Å²) < 4.78 is 0. The Kier molecular flexibility index (Phi) is 26.9. The van der Waals surface area contributed by atoms with Gasteiger partial charge in [0.05, 0.1) is 0 Å². The van der Waals surface area contributed by atoms with Crippen molar-refractivity contribution in [2.45, 2.75) is 219 Å². The Morgan fingerprint density at radius 3 is 1.10 bits per heavy atom. The van der Waals surface area contributed by atoms with Gasteiger partial charge in [-0.1, -0.05) is 218 Å². The van der Waals surface area contributed by atoms with Gasteiger partial charge in [0.15, 0.2) is 0 Å². The second-order valence-electron chi connectivity index (χ2n) is 16.0. The Bertz CT molecular complexity index is 809. The van der Waals surface area contributed by atoms with Crippen LogP contribution in [0.2, 0.25) is 0 Å². The predicted molar refractivity (Wildman–Crippen MR) is 212 cm³/mol. The van der Waals surface area contributed by atoms with Crippen LogP contribution in [0.5, 0.6) is 0 Å². The topological polar surface area (TPSA) is 46.3 Å². The Morgan fingerprint density at radius 2 is 0.812 bits per heavy atom. The fraction of sp³-hybridized carbons (Fsp3) is 0.844. The maximum atomic E-state index is 12.7. The molecule has 0 saturated heterocycles. The van der Waals surface area contributed by atoms with Crippen LogP contribution in [0.4, 0.5) is 4.79 Å². The number of urea groups is 1. The summed E-state index contributed by atoms with van der Waals surface area (Å²) in [4.78, 5) is 14.7. The summed E-state index contributed by atoms with van der Waals surface area (Å²) in [6.07, 6.45) is 43.7. The molecule has 0 spiro atoms. The molecule has 2 N–H and O–H groups in total. The first-order valence-corrected chi connectivity index (χ1v) is 21.7. The van der Waals surface area contributed by atoms with Crippen molar-refractivity contribution >= 4 is 6.03 Å². The second-order valence-corrected chi connectivity index (χ2v) is 16.0. The van der Waals surface area contributed by atoms with Gasteiger partial charge in [0.2, 0.25) is 0 Å². The Labute approximate surface area is 300 Å². The van der Waals surface area contributed by atoms with Gasteiger partial charge in [-0.25, -0.2) is 4.79 Å². The molecule has 3 heteroatoms. The minimum atomic E-state index is -0.212. The van der Waals surface area contributed by atoms with Gasteiger partial charge in [0.1, 0.15) is 0 Å².